The lowest BCUT2D eigenvalue weighted by Gasteiger charge is -2.11. The maximum absolute atomic E-state index is 11.7. The number of aromatic amines is 1. The fourth-order valence-corrected chi connectivity index (χ4v) is 3.21. The monoisotopic (exact) mass is 371 g/mol. The first-order valence-electron chi connectivity index (χ1n) is 6.06. The van der Waals surface area contributed by atoms with Gasteiger partial charge in [0.2, 0.25) is 0 Å². The highest BCUT2D eigenvalue weighted by atomic mass is 79.9. The number of nitrogens with zero attached hydrogens (tertiary/aromatic N) is 3. The summed E-state index contributed by atoms with van der Waals surface area (Å²) in [4.78, 5) is 12.5. The summed E-state index contributed by atoms with van der Waals surface area (Å²) < 4.78 is 2.35. The topological polar surface area (TPSA) is 109 Å². The lowest BCUT2D eigenvalue weighted by atomic mass is 10.2. The van der Waals surface area contributed by atoms with Crippen LogP contribution >= 0.6 is 27.7 Å². The summed E-state index contributed by atoms with van der Waals surface area (Å²) in [6.45, 7) is 3.79. The first-order valence-corrected chi connectivity index (χ1v) is 7.67. The van der Waals surface area contributed by atoms with E-state index in [-0.39, 0.29) is 17.6 Å². The number of hydrogen-bond acceptors (Lipinski definition) is 5. The third-order valence-electron chi connectivity index (χ3n) is 2.72. The van der Waals surface area contributed by atoms with Crippen molar-refractivity contribution in [2.24, 2.45) is 10.9 Å². The first kappa shape index (κ1) is 15.6. The fourth-order valence-electron chi connectivity index (χ4n) is 1.76. The Morgan fingerprint density at radius 3 is 2.90 bits per heavy atom. The molecule has 0 amide bonds. The van der Waals surface area contributed by atoms with E-state index >= 15 is 0 Å². The van der Waals surface area contributed by atoms with Gasteiger partial charge in [-0.1, -0.05) is 21.1 Å². The van der Waals surface area contributed by atoms with Crippen LogP contribution in [0.5, 0.6) is 0 Å². The predicted octanol–water partition coefficient (Wildman–Crippen LogP) is 2.16. The van der Waals surface area contributed by atoms with Gasteiger partial charge in [0.1, 0.15) is 0 Å². The van der Waals surface area contributed by atoms with Gasteiger partial charge in [0, 0.05) is 21.0 Å². The first-order chi connectivity index (χ1) is 9.93. The molecule has 21 heavy (non-hydrogen) atoms. The molecule has 9 heteroatoms. The molecule has 0 aliphatic heterocycles. The van der Waals surface area contributed by atoms with Gasteiger partial charge < -0.3 is 10.9 Å². The van der Waals surface area contributed by atoms with Crippen molar-refractivity contribution in [2.45, 2.75) is 29.9 Å². The summed E-state index contributed by atoms with van der Waals surface area (Å²) in [7, 11) is 0. The van der Waals surface area contributed by atoms with Gasteiger partial charge in [0.15, 0.2) is 11.0 Å². The Kier molecular flexibility index (Phi) is 4.73. The SMILES string of the molecule is CC(C)n1c(Sc2ccc(Br)cc2/C(N)=N/O)n[nH]c1=O. The summed E-state index contributed by atoms with van der Waals surface area (Å²) >= 11 is 4.61. The van der Waals surface area contributed by atoms with Gasteiger partial charge in [-0.15, -0.1) is 5.10 Å². The smallest absolute Gasteiger partial charge is 0.344 e. The number of benzene rings is 1. The molecule has 0 saturated carbocycles. The van der Waals surface area contributed by atoms with Gasteiger partial charge in [0.05, 0.1) is 0 Å². The standard InChI is InChI=1S/C12H14BrN5O2S/c1-6(2)18-11(19)15-16-12(18)21-9-4-3-7(13)5-8(9)10(14)17-20/h3-6,20H,1-2H3,(H2,14,17)(H,15,19). The number of oxime groups is 1. The van der Waals surface area contributed by atoms with Crippen molar-refractivity contribution in [2.75, 3.05) is 0 Å². The van der Waals surface area contributed by atoms with Crippen LogP contribution in [-0.4, -0.2) is 25.8 Å². The molecule has 7 nitrogen and oxygen atoms in total. The largest absolute Gasteiger partial charge is 0.409 e. The second kappa shape index (κ2) is 6.35. The summed E-state index contributed by atoms with van der Waals surface area (Å²) in [5, 5.41) is 18.9. The van der Waals surface area contributed by atoms with Crippen molar-refractivity contribution < 1.29 is 5.21 Å². The summed E-state index contributed by atoms with van der Waals surface area (Å²) in [5.41, 5.74) is 5.98. The van der Waals surface area contributed by atoms with Crippen LogP contribution < -0.4 is 11.4 Å². The van der Waals surface area contributed by atoms with Crippen molar-refractivity contribution in [1.29, 1.82) is 0 Å². The molecule has 0 aliphatic carbocycles. The average Bonchev–Trinajstić information content (AvgIpc) is 2.81. The summed E-state index contributed by atoms with van der Waals surface area (Å²) in [5.74, 6) is -0.00669. The highest BCUT2D eigenvalue weighted by molar-refractivity contribution is 9.10. The van der Waals surface area contributed by atoms with E-state index in [1.807, 2.05) is 26.0 Å². The third kappa shape index (κ3) is 3.30. The van der Waals surface area contributed by atoms with E-state index in [9.17, 15) is 4.79 Å². The zero-order valence-electron chi connectivity index (χ0n) is 11.4. The molecule has 0 atom stereocenters. The highest BCUT2D eigenvalue weighted by Crippen LogP contribution is 2.31. The second-order valence-electron chi connectivity index (χ2n) is 4.50. The van der Waals surface area contributed by atoms with Crippen molar-refractivity contribution in [1.82, 2.24) is 14.8 Å². The molecule has 0 saturated heterocycles. The molecule has 0 unspecified atom stereocenters. The van der Waals surface area contributed by atoms with Gasteiger partial charge in [0.25, 0.3) is 0 Å². The number of H-pyrrole nitrogens is 1. The van der Waals surface area contributed by atoms with Crippen LogP contribution in [0.3, 0.4) is 0 Å². The fraction of sp³-hybridized carbons (Fsp3) is 0.250. The number of nitrogens with one attached hydrogen (secondary N) is 1. The zero-order chi connectivity index (χ0) is 15.6. The average molecular weight is 372 g/mol. The molecule has 1 heterocycles. The Labute approximate surface area is 133 Å². The minimum Gasteiger partial charge on any atom is -0.409 e. The number of aromatic nitrogens is 3. The van der Waals surface area contributed by atoms with Gasteiger partial charge in [-0.2, -0.15) is 0 Å². The minimum atomic E-state index is -0.269. The zero-order valence-corrected chi connectivity index (χ0v) is 13.8. The number of rotatable bonds is 4. The van der Waals surface area contributed by atoms with E-state index in [1.54, 1.807) is 10.6 Å². The number of halogens is 1. The van der Waals surface area contributed by atoms with Crippen LogP contribution in [-0.2, 0) is 0 Å². The van der Waals surface area contributed by atoms with E-state index in [0.717, 1.165) is 9.37 Å². The van der Waals surface area contributed by atoms with Crippen LogP contribution in [0.4, 0.5) is 0 Å². The van der Waals surface area contributed by atoms with Gasteiger partial charge in [-0.25, -0.2) is 9.89 Å². The molecule has 2 rings (SSSR count). The van der Waals surface area contributed by atoms with Crippen LogP contribution in [0, 0.1) is 0 Å². The van der Waals surface area contributed by atoms with Crippen LogP contribution in [0.2, 0.25) is 0 Å². The van der Waals surface area contributed by atoms with E-state index < -0.39 is 0 Å². The Morgan fingerprint density at radius 2 is 2.29 bits per heavy atom. The summed E-state index contributed by atoms with van der Waals surface area (Å²) in [6.07, 6.45) is 0. The van der Waals surface area contributed by atoms with Crippen molar-refractivity contribution in [3.8, 4) is 0 Å². The normalized spacial score (nSPS) is 12.1. The minimum absolute atomic E-state index is 0.00669. The van der Waals surface area contributed by atoms with E-state index in [1.165, 1.54) is 11.8 Å². The third-order valence-corrected chi connectivity index (χ3v) is 4.25. The Bertz CT molecular complexity index is 737. The maximum Gasteiger partial charge on any atom is 0.344 e. The molecule has 0 aliphatic rings. The molecule has 0 radical (unpaired) electrons. The lowest BCUT2D eigenvalue weighted by molar-refractivity contribution is 0.318. The number of nitrogens with two attached hydrogens (primary N) is 1. The van der Waals surface area contributed by atoms with Crippen molar-refractivity contribution >= 4 is 33.5 Å². The van der Waals surface area contributed by atoms with Crippen LogP contribution in [0.25, 0.3) is 0 Å². The van der Waals surface area contributed by atoms with Gasteiger partial charge >= 0.3 is 5.69 Å². The summed E-state index contributed by atoms with van der Waals surface area (Å²) in [6, 6.07) is 5.36. The molecule has 0 spiro atoms. The molecule has 2 aromatic rings. The Balaban J connectivity index is 2.48. The predicted molar refractivity (Wildman–Crippen MR) is 84.0 cm³/mol. The molecular formula is C12H14BrN5O2S. The van der Waals surface area contributed by atoms with Gasteiger partial charge in [-0.3, -0.25) is 4.57 Å². The van der Waals surface area contributed by atoms with Crippen molar-refractivity contribution in [3.05, 3.63) is 38.7 Å². The second-order valence-corrected chi connectivity index (χ2v) is 6.43. The molecule has 0 bridgehead atoms. The molecular weight excluding hydrogens is 358 g/mol. The maximum atomic E-state index is 11.7. The number of hydrogen-bond donors (Lipinski definition) is 3. The molecule has 4 N–H and O–H groups in total. The molecule has 0 fully saturated rings. The van der Waals surface area contributed by atoms with E-state index in [4.69, 9.17) is 10.9 Å². The molecule has 1 aromatic carbocycles. The van der Waals surface area contributed by atoms with Crippen LogP contribution in [0.1, 0.15) is 25.5 Å². The Hall–Kier alpha value is -1.74. The highest BCUT2D eigenvalue weighted by Gasteiger charge is 2.16. The number of amidine groups is 1. The molecule has 1 aromatic heterocycles. The molecule has 112 valence electrons. The van der Waals surface area contributed by atoms with Crippen molar-refractivity contribution in [3.63, 3.8) is 0 Å². The Morgan fingerprint density at radius 1 is 1.57 bits per heavy atom. The van der Waals surface area contributed by atoms with E-state index in [0.29, 0.717) is 10.7 Å². The quantitative estimate of drug-likeness (QED) is 0.330. The lowest BCUT2D eigenvalue weighted by Crippen LogP contribution is -2.19. The van der Waals surface area contributed by atoms with Gasteiger partial charge in [-0.05, 0) is 43.8 Å². The van der Waals surface area contributed by atoms with E-state index in [2.05, 4.69) is 31.3 Å². The van der Waals surface area contributed by atoms with Crippen LogP contribution in [0.15, 0.2) is 42.7 Å².